The van der Waals surface area contributed by atoms with Crippen molar-refractivity contribution < 1.29 is 14.9 Å². The number of likely N-dealkylation sites (tertiary alicyclic amines) is 1. The van der Waals surface area contributed by atoms with Gasteiger partial charge in [0.15, 0.2) is 0 Å². The van der Waals surface area contributed by atoms with Crippen molar-refractivity contribution >= 4 is 34.3 Å². The molecule has 2 aromatic carbocycles. The number of aliphatic hydroxyl groups excluding tert-OH is 2. The molecule has 0 spiro atoms. The molecule has 3 aromatic rings. The Labute approximate surface area is 223 Å². The Morgan fingerprint density at radius 1 is 1.17 bits per heavy atom. The number of halogens is 1. The largest absolute Gasteiger partial charge is 0.497 e. The molecule has 0 amide bonds. The van der Waals surface area contributed by atoms with Gasteiger partial charge in [0.1, 0.15) is 5.75 Å². The van der Waals surface area contributed by atoms with E-state index in [1.807, 2.05) is 30.0 Å². The van der Waals surface area contributed by atoms with Gasteiger partial charge in [-0.3, -0.25) is 4.98 Å². The van der Waals surface area contributed by atoms with E-state index in [4.69, 9.17) is 16.3 Å². The van der Waals surface area contributed by atoms with E-state index in [1.54, 1.807) is 13.3 Å². The van der Waals surface area contributed by atoms with E-state index in [0.29, 0.717) is 22.8 Å². The van der Waals surface area contributed by atoms with Gasteiger partial charge in [-0.05, 0) is 100 Å². The number of aromatic nitrogens is 1. The van der Waals surface area contributed by atoms with Crippen molar-refractivity contribution in [3.8, 4) is 5.75 Å². The number of hydrogen-bond acceptors (Lipinski definition) is 6. The maximum absolute atomic E-state index is 11.2. The topological polar surface area (TPSA) is 65.8 Å². The molecule has 1 aliphatic heterocycles. The van der Waals surface area contributed by atoms with Gasteiger partial charge in [0.25, 0.3) is 0 Å². The standard InChI is InChI=1S/C29H37ClN2O3S/c1-21-4-7-23(8-5-21)36-17-3-14-32-15-12-29(20-33,13-16-32)11-10-27(34)28-24-18-22(35-2)6-9-26(24)31-19-25(28)30/h4-9,18-19,27,33-34H,3,10-17,20H2,1-2H3. The lowest BCUT2D eigenvalue weighted by atomic mass is 9.74. The van der Waals surface area contributed by atoms with Gasteiger partial charge in [0.2, 0.25) is 0 Å². The van der Waals surface area contributed by atoms with Gasteiger partial charge in [0, 0.05) is 28.6 Å². The molecule has 1 saturated heterocycles. The van der Waals surface area contributed by atoms with Crippen LogP contribution in [0.5, 0.6) is 5.75 Å². The van der Waals surface area contributed by atoms with Gasteiger partial charge < -0.3 is 19.8 Å². The molecule has 1 aliphatic rings. The number of nitrogens with zero attached hydrogens (tertiary/aromatic N) is 2. The first kappa shape index (κ1) is 27.2. The van der Waals surface area contributed by atoms with Crippen LogP contribution in [-0.2, 0) is 0 Å². The summed E-state index contributed by atoms with van der Waals surface area (Å²) in [5.41, 5.74) is 2.61. The second-order valence-electron chi connectivity index (χ2n) is 9.97. The predicted molar refractivity (Wildman–Crippen MR) is 149 cm³/mol. The van der Waals surface area contributed by atoms with Crippen molar-refractivity contribution in [1.82, 2.24) is 9.88 Å². The lowest BCUT2D eigenvalue weighted by Gasteiger charge is -2.41. The number of rotatable bonds is 11. The second kappa shape index (κ2) is 12.6. The third kappa shape index (κ3) is 6.73. The van der Waals surface area contributed by atoms with Crippen LogP contribution in [0.25, 0.3) is 10.9 Å². The van der Waals surface area contributed by atoms with Crippen LogP contribution in [0.4, 0.5) is 0 Å². The number of ether oxygens (including phenoxy) is 1. The van der Waals surface area contributed by atoms with Gasteiger partial charge in [-0.2, -0.15) is 0 Å². The number of thioether (sulfide) groups is 1. The van der Waals surface area contributed by atoms with E-state index in [-0.39, 0.29) is 12.0 Å². The fourth-order valence-electron chi connectivity index (χ4n) is 5.07. The highest BCUT2D eigenvalue weighted by Crippen LogP contribution is 2.40. The van der Waals surface area contributed by atoms with Gasteiger partial charge >= 0.3 is 0 Å². The van der Waals surface area contributed by atoms with Crippen molar-refractivity contribution in [1.29, 1.82) is 0 Å². The Morgan fingerprint density at radius 2 is 1.92 bits per heavy atom. The maximum atomic E-state index is 11.2. The molecule has 0 bridgehead atoms. The molecule has 1 aromatic heterocycles. The van der Waals surface area contributed by atoms with Crippen LogP contribution in [0.2, 0.25) is 5.02 Å². The van der Waals surface area contributed by atoms with Crippen LogP contribution in [-0.4, -0.2) is 59.2 Å². The number of piperidine rings is 1. The Hall–Kier alpha value is -1.83. The van der Waals surface area contributed by atoms with Gasteiger partial charge in [-0.25, -0.2) is 0 Å². The first-order valence-electron chi connectivity index (χ1n) is 12.8. The minimum atomic E-state index is -0.727. The van der Waals surface area contributed by atoms with E-state index in [2.05, 4.69) is 41.1 Å². The van der Waals surface area contributed by atoms with Crippen molar-refractivity contribution in [2.75, 3.05) is 39.1 Å². The highest BCUT2D eigenvalue weighted by Gasteiger charge is 2.34. The maximum Gasteiger partial charge on any atom is 0.119 e. The van der Waals surface area contributed by atoms with Crippen molar-refractivity contribution in [2.45, 2.75) is 50.0 Å². The number of fused-ring (bicyclic) bond motifs is 1. The molecular weight excluding hydrogens is 492 g/mol. The molecule has 2 heterocycles. The van der Waals surface area contributed by atoms with Crippen molar-refractivity contribution in [2.24, 2.45) is 5.41 Å². The van der Waals surface area contributed by atoms with Crippen molar-refractivity contribution in [3.05, 3.63) is 64.8 Å². The molecular formula is C29H37ClN2O3S. The number of aryl methyl sites for hydroxylation is 1. The van der Waals surface area contributed by atoms with Crippen LogP contribution in [0.15, 0.2) is 53.6 Å². The molecule has 1 fully saturated rings. The first-order chi connectivity index (χ1) is 17.4. The molecule has 0 aliphatic carbocycles. The Balaban J connectivity index is 1.29. The number of methoxy groups -OCH3 is 1. The molecule has 36 heavy (non-hydrogen) atoms. The number of benzene rings is 2. The molecule has 1 unspecified atom stereocenters. The van der Waals surface area contributed by atoms with Gasteiger partial charge in [0.05, 0.1) is 23.8 Å². The average Bonchev–Trinajstić information content (AvgIpc) is 2.91. The lowest BCUT2D eigenvalue weighted by Crippen LogP contribution is -2.42. The van der Waals surface area contributed by atoms with Crippen LogP contribution >= 0.6 is 23.4 Å². The third-order valence-electron chi connectivity index (χ3n) is 7.51. The quantitative estimate of drug-likeness (QED) is 0.226. The number of aliphatic hydroxyl groups is 2. The normalized spacial score (nSPS) is 16.8. The third-order valence-corrected chi connectivity index (χ3v) is 8.91. The monoisotopic (exact) mass is 528 g/mol. The molecule has 0 saturated carbocycles. The lowest BCUT2D eigenvalue weighted by molar-refractivity contribution is 0.0238. The minimum Gasteiger partial charge on any atom is -0.497 e. The molecule has 2 N–H and O–H groups in total. The highest BCUT2D eigenvalue weighted by molar-refractivity contribution is 7.99. The Kier molecular flexibility index (Phi) is 9.53. The Morgan fingerprint density at radius 3 is 2.61 bits per heavy atom. The zero-order valence-electron chi connectivity index (χ0n) is 21.3. The zero-order chi connectivity index (χ0) is 25.5. The van der Waals surface area contributed by atoms with E-state index >= 15 is 0 Å². The summed E-state index contributed by atoms with van der Waals surface area (Å²) in [6.45, 7) is 5.33. The summed E-state index contributed by atoms with van der Waals surface area (Å²) >= 11 is 8.41. The summed E-state index contributed by atoms with van der Waals surface area (Å²) in [6, 6.07) is 14.3. The van der Waals surface area contributed by atoms with Gasteiger partial charge in [-0.15, -0.1) is 11.8 Å². The summed E-state index contributed by atoms with van der Waals surface area (Å²) in [5, 5.41) is 22.7. The molecule has 5 nitrogen and oxygen atoms in total. The fourth-order valence-corrected chi connectivity index (χ4v) is 6.19. The number of pyridine rings is 1. The van der Waals surface area contributed by atoms with E-state index in [1.165, 1.54) is 10.5 Å². The molecule has 4 rings (SSSR count). The second-order valence-corrected chi connectivity index (χ2v) is 11.5. The Bertz CT molecular complexity index is 1130. The predicted octanol–water partition coefficient (Wildman–Crippen LogP) is 6.28. The van der Waals surface area contributed by atoms with Crippen molar-refractivity contribution in [3.63, 3.8) is 0 Å². The van der Waals surface area contributed by atoms with Gasteiger partial charge in [-0.1, -0.05) is 29.3 Å². The summed E-state index contributed by atoms with van der Waals surface area (Å²) in [7, 11) is 1.62. The fraction of sp³-hybridized carbons (Fsp3) is 0.483. The zero-order valence-corrected chi connectivity index (χ0v) is 22.8. The van der Waals surface area contributed by atoms with E-state index in [0.717, 1.165) is 62.0 Å². The highest BCUT2D eigenvalue weighted by atomic mass is 35.5. The van der Waals surface area contributed by atoms with E-state index in [9.17, 15) is 10.2 Å². The summed E-state index contributed by atoms with van der Waals surface area (Å²) < 4.78 is 5.37. The summed E-state index contributed by atoms with van der Waals surface area (Å²) in [5.74, 6) is 1.82. The van der Waals surface area contributed by atoms with Crippen LogP contribution in [0.3, 0.4) is 0 Å². The summed E-state index contributed by atoms with van der Waals surface area (Å²) in [6.07, 6.45) is 5.22. The molecule has 0 radical (unpaired) electrons. The smallest absolute Gasteiger partial charge is 0.119 e. The number of hydrogen-bond donors (Lipinski definition) is 2. The molecule has 194 valence electrons. The average molecular weight is 529 g/mol. The first-order valence-corrected chi connectivity index (χ1v) is 14.1. The van der Waals surface area contributed by atoms with E-state index < -0.39 is 6.10 Å². The molecule has 1 atom stereocenters. The summed E-state index contributed by atoms with van der Waals surface area (Å²) in [4.78, 5) is 8.24. The SMILES string of the molecule is COc1ccc2ncc(Cl)c(C(O)CCC3(CO)CCN(CCCSc4ccc(C)cc4)CC3)c2c1. The van der Waals surface area contributed by atoms with Crippen LogP contribution in [0, 0.1) is 12.3 Å². The van der Waals surface area contributed by atoms with Crippen LogP contribution in [0.1, 0.15) is 49.3 Å². The van der Waals surface area contributed by atoms with Crippen LogP contribution < -0.4 is 4.74 Å². The minimum absolute atomic E-state index is 0.148. The molecule has 7 heteroatoms.